The van der Waals surface area contributed by atoms with Gasteiger partial charge in [-0.3, -0.25) is 14.5 Å². The molecule has 3 N–H and O–H groups in total. The highest BCUT2D eigenvalue weighted by molar-refractivity contribution is 6.03. The second-order valence-electron chi connectivity index (χ2n) is 7.91. The summed E-state index contributed by atoms with van der Waals surface area (Å²) in [7, 11) is 0. The Morgan fingerprint density at radius 2 is 1.67 bits per heavy atom. The molecule has 1 saturated carbocycles. The first kappa shape index (κ1) is 20.2. The van der Waals surface area contributed by atoms with Gasteiger partial charge in [0.05, 0.1) is 16.9 Å². The zero-order chi connectivity index (χ0) is 20.9. The Morgan fingerprint density at radius 3 is 2.40 bits per heavy atom. The summed E-state index contributed by atoms with van der Waals surface area (Å²) < 4.78 is 0. The highest BCUT2D eigenvalue weighted by Gasteiger charge is 2.25. The number of carbonyl (C=O) groups excluding carboxylic acids is 2. The van der Waals surface area contributed by atoms with Crippen molar-refractivity contribution in [2.75, 3.05) is 42.9 Å². The quantitative estimate of drug-likeness (QED) is 0.655. The van der Waals surface area contributed by atoms with Crippen LogP contribution in [0.1, 0.15) is 29.6 Å². The predicted octanol–water partition coefficient (Wildman–Crippen LogP) is 2.44. The molecule has 1 aliphatic heterocycles. The third-order valence-corrected chi connectivity index (χ3v) is 5.61. The van der Waals surface area contributed by atoms with E-state index >= 15 is 0 Å². The molecule has 0 radical (unpaired) electrons. The van der Waals surface area contributed by atoms with Crippen molar-refractivity contribution in [3.05, 3.63) is 54.1 Å². The summed E-state index contributed by atoms with van der Waals surface area (Å²) in [5, 5.41) is 15.9. The summed E-state index contributed by atoms with van der Waals surface area (Å²) in [6.07, 6.45) is 2.42. The predicted molar refractivity (Wildman–Crippen MR) is 117 cm³/mol. The van der Waals surface area contributed by atoms with Crippen LogP contribution in [0.5, 0.6) is 5.75 Å². The van der Waals surface area contributed by atoms with E-state index in [9.17, 15) is 14.7 Å². The summed E-state index contributed by atoms with van der Waals surface area (Å²) >= 11 is 0. The molecule has 0 aromatic heterocycles. The van der Waals surface area contributed by atoms with E-state index in [0.29, 0.717) is 30.0 Å². The highest BCUT2D eigenvalue weighted by Crippen LogP contribution is 2.27. The lowest BCUT2D eigenvalue weighted by Crippen LogP contribution is -2.47. The van der Waals surface area contributed by atoms with Gasteiger partial charge >= 0.3 is 0 Å². The van der Waals surface area contributed by atoms with Crippen LogP contribution in [-0.2, 0) is 4.79 Å². The number of rotatable bonds is 7. The lowest BCUT2D eigenvalue weighted by molar-refractivity contribution is -0.116. The third kappa shape index (κ3) is 5.10. The Morgan fingerprint density at radius 1 is 0.967 bits per heavy atom. The van der Waals surface area contributed by atoms with Gasteiger partial charge < -0.3 is 20.6 Å². The van der Waals surface area contributed by atoms with E-state index in [0.717, 1.165) is 44.7 Å². The number of benzene rings is 2. The fourth-order valence-electron chi connectivity index (χ4n) is 3.70. The van der Waals surface area contributed by atoms with Gasteiger partial charge in [-0.1, -0.05) is 24.3 Å². The van der Waals surface area contributed by atoms with E-state index in [1.165, 1.54) is 0 Å². The number of hydrogen-bond acceptors (Lipinski definition) is 5. The first-order valence-electron chi connectivity index (χ1n) is 10.6. The van der Waals surface area contributed by atoms with Crippen molar-refractivity contribution >= 4 is 23.2 Å². The first-order chi connectivity index (χ1) is 14.6. The van der Waals surface area contributed by atoms with Crippen LogP contribution >= 0.6 is 0 Å². The summed E-state index contributed by atoms with van der Waals surface area (Å²) in [5.41, 5.74) is 1.93. The van der Waals surface area contributed by atoms with E-state index in [-0.39, 0.29) is 17.9 Å². The number of anilines is 2. The Labute approximate surface area is 176 Å². The standard InChI is InChI=1S/C23H28N4O3/c28-21-8-4-3-7-20(21)27-15-13-26(14-16-27)12-11-22(29)25-19-6-2-1-5-18(19)23(30)24-17-9-10-17/h1-8,17,28H,9-16H2,(H,24,30)(H,25,29). The van der Waals surface area contributed by atoms with E-state index in [1.807, 2.05) is 30.3 Å². The molecular weight excluding hydrogens is 380 g/mol. The summed E-state index contributed by atoms with van der Waals surface area (Å²) in [4.78, 5) is 29.3. The molecule has 0 unspecified atom stereocenters. The van der Waals surface area contributed by atoms with Crippen molar-refractivity contribution in [1.82, 2.24) is 10.2 Å². The molecule has 1 aliphatic carbocycles. The fraction of sp³-hybridized carbons (Fsp3) is 0.391. The van der Waals surface area contributed by atoms with Crippen LogP contribution in [0, 0.1) is 0 Å². The molecule has 158 valence electrons. The number of nitrogens with one attached hydrogen (secondary N) is 2. The zero-order valence-corrected chi connectivity index (χ0v) is 17.0. The maximum absolute atomic E-state index is 12.5. The fourth-order valence-corrected chi connectivity index (χ4v) is 3.70. The van der Waals surface area contributed by atoms with Crippen LogP contribution in [0.4, 0.5) is 11.4 Å². The number of nitrogens with zero attached hydrogens (tertiary/aromatic N) is 2. The van der Waals surface area contributed by atoms with Gasteiger partial charge in [-0.2, -0.15) is 0 Å². The average Bonchev–Trinajstić information content (AvgIpc) is 3.57. The van der Waals surface area contributed by atoms with Gasteiger partial charge in [0, 0.05) is 45.2 Å². The molecule has 2 aliphatic rings. The van der Waals surface area contributed by atoms with Gasteiger partial charge in [0.1, 0.15) is 5.75 Å². The van der Waals surface area contributed by atoms with Crippen molar-refractivity contribution in [1.29, 1.82) is 0 Å². The largest absolute Gasteiger partial charge is 0.506 e. The molecule has 7 heteroatoms. The van der Waals surface area contributed by atoms with Gasteiger partial charge in [-0.15, -0.1) is 0 Å². The van der Waals surface area contributed by atoms with E-state index in [2.05, 4.69) is 20.4 Å². The van der Waals surface area contributed by atoms with Gasteiger partial charge in [-0.05, 0) is 37.1 Å². The summed E-state index contributed by atoms with van der Waals surface area (Å²) in [6.45, 7) is 3.95. The third-order valence-electron chi connectivity index (χ3n) is 5.61. The van der Waals surface area contributed by atoms with Gasteiger partial charge in [0.2, 0.25) is 5.91 Å². The molecule has 1 saturated heterocycles. The van der Waals surface area contributed by atoms with Crippen LogP contribution in [0.25, 0.3) is 0 Å². The molecule has 0 spiro atoms. The Kier molecular flexibility index (Phi) is 6.18. The number of piperazine rings is 1. The van der Waals surface area contributed by atoms with Crippen LogP contribution in [-0.4, -0.2) is 60.6 Å². The van der Waals surface area contributed by atoms with Crippen molar-refractivity contribution in [2.45, 2.75) is 25.3 Å². The SMILES string of the molecule is O=C(CCN1CCN(c2ccccc2O)CC1)Nc1ccccc1C(=O)NC1CC1. The maximum atomic E-state index is 12.5. The van der Waals surface area contributed by atoms with Crippen molar-refractivity contribution in [3.8, 4) is 5.75 Å². The first-order valence-corrected chi connectivity index (χ1v) is 10.6. The highest BCUT2D eigenvalue weighted by atomic mass is 16.3. The van der Waals surface area contributed by atoms with Gasteiger partial charge in [0.15, 0.2) is 0 Å². The van der Waals surface area contributed by atoms with Crippen molar-refractivity contribution < 1.29 is 14.7 Å². The number of amides is 2. The molecule has 2 aromatic carbocycles. The molecule has 2 fully saturated rings. The van der Waals surface area contributed by atoms with Gasteiger partial charge in [0.25, 0.3) is 5.91 Å². The van der Waals surface area contributed by atoms with E-state index < -0.39 is 0 Å². The minimum atomic E-state index is -0.131. The molecule has 2 aromatic rings. The van der Waals surface area contributed by atoms with Crippen LogP contribution < -0.4 is 15.5 Å². The molecule has 2 amide bonds. The molecule has 30 heavy (non-hydrogen) atoms. The number of carbonyl (C=O) groups is 2. The molecular formula is C23H28N4O3. The topological polar surface area (TPSA) is 84.9 Å². The number of phenolic OH excluding ortho intramolecular Hbond substituents is 1. The maximum Gasteiger partial charge on any atom is 0.253 e. The molecule has 4 rings (SSSR count). The van der Waals surface area contributed by atoms with Crippen molar-refractivity contribution in [2.24, 2.45) is 0 Å². The molecule has 7 nitrogen and oxygen atoms in total. The van der Waals surface area contributed by atoms with Crippen LogP contribution in [0.3, 0.4) is 0 Å². The number of aromatic hydroxyl groups is 1. The molecule has 0 bridgehead atoms. The number of para-hydroxylation sites is 3. The minimum Gasteiger partial charge on any atom is -0.506 e. The lowest BCUT2D eigenvalue weighted by Gasteiger charge is -2.36. The molecule has 0 atom stereocenters. The normalized spacial score (nSPS) is 16.9. The van der Waals surface area contributed by atoms with Crippen LogP contribution in [0.2, 0.25) is 0 Å². The lowest BCUT2D eigenvalue weighted by atomic mass is 10.1. The number of hydrogen-bond donors (Lipinski definition) is 3. The Bertz CT molecular complexity index is 905. The number of phenols is 1. The smallest absolute Gasteiger partial charge is 0.253 e. The monoisotopic (exact) mass is 408 g/mol. The van der Waals surface area contributed by atoms with E-state index in [4.69, 9.17) is 0 Å². The summed E-state index contributed by atoms with van der Waals surface area (Å²) in [5.74, 6) is 0.0770. The van der Waals surface area contributed by atoms with E-state index in [1.54, 1.807) is 18.2 Å². The second-order valence-corrected chi connectivity index (χ2v) is 7.91. The van der Waals surface area contributed by atoms with Crippen LogP contribution in [0.15, 0.2) is 48.5 Å². The Balaban J connectivity index is 1.25. The van der Waals surface area contributed by atoms with Crippen molar-refractivity contribution in [3.63, 3.8) is 0 Å². The van der Waals surface area contributed by atoms with Gasteiger partial charge in [-0.25, -0.2) is 0 Å². The second kappa shape index (κ2) is 9.17. The minimum absolute atomic E-state index is 0.0928. The summed E-state index contributed by atoms with van der Waals surface area (Å²) in [6, 6.07) is 14.8. The Hall–Kier alpha value is -3.06. The molecule has 1 heterocycles. The zero-order valence-electron chi connectivity index (χ0n) is 17.0. The average molecular weight is 409 g/mol.